The van der Waals surface area contributed by atoms with Crippen molar-refractivity contribution >= 4 is 17.6 Å². The quantitative estimate of drug-likeness (QED) is 0.606. The zero-order valence-corrected chi connectivity index (χ0v) is 9.51. The zero-order valence-electron chi connectivity index (χ0n) is 8.75. The Hall–Kier alpha value is -1.42. The Morgan fingerprint density at radius 3 is 2.93 bits per heavy atom. The van der Waals surface area contributed by atoms with Crippen molar-refractivity contribution in [3.63, 3.8) is 0 Å². The molecule has 82 valence electrons. The lowest BCUT2D eigenvalue weighted by Gasteiger charge is -2.10. The third-order valence-corrected chi connectivity index (χ3v) is 2.19. The number of aliphatic imine (C=N–C) groups is 1. The number of hydrogen-bond donors (Lipinski definition) is 2. The van der Waals surface area contributed by atoms with Crippen molar-refractivity contribution in [2.75, 3.05) is 14.2 Å². The van der Waals surface area contributed by atoms with Crippen molar-refractivity contribution in [2.24, 2.45) is 10.7 Å². The van der Waals surface area contributed by atoms with E-state index in [1.54, 1.807) is 26.3 Å². The molecule has 0 heterocycles. The Labute approximate surface area is 94.1 Å². The van der Waals surface area contributed by atoms with Crippen LogP contribution in [0.4, 0.5) is 0 Å². The highest BCUT2D eigenvalue weighted by Gasteiger charge is 2.03. The molecule has 0 radical (unpaired) electrons. The van der Waals surface area contributed by atoms with E-state index < -0.39 is 0 Å². The molecule has 15 heavy (non-hydrogen) atoms. The van der Waals surface area contributed by atoms with Crippen LogP contribution in [0, 0.1) is 0 Å². The summed E-state index contributed by atoms with van der Waals surface area (Å²) in [6.45, 7) is 0.559. The van der Waals surface area contributed by atoms with Crippen LogP contribution in [-0.2, 0) is 6.54 Å². The zero-order chi connectivity index (χ0) is 11.3. The van der Waals surface area contributed by atoms with E-state index in [1.807, 2.05) is 6.07 Å². The second kappa shape index (κ2) is 5.46. The smallest absolute Gasteiger partial charge is 0.188 e. The van der Waals surface area contributed by atoms with Crippen molar-refractivity contribution in [3.05, 3.63) is 28.8 Å². The van der Waals surface area contributed by atoms with Gasteiger partial charge >= 0.3 is 0 Å². The Morgan fingerprint density at radius 2 is 2.33 bits per heavy atom. The van der Waals surface area contributed by atoms with Gasteiger partial charge < -0.3 is 15.8 Å². The first-order chi connectivity index (χ1) is 7.17. The molecule has 0 atom stereocenters. The molecule has 1 aromatic rings. The second-order valence-electron chi connectivity index (χ2n) is 2.92. The Bertz CT molecular complexity index is 366. The summed E-state index contributed by atoms with van der Waals surface area (Å²) < 4.78 is 5.19. The third kappa shape index (κ3) is 3.32. The van der Waals surface area contributed by atoms with Crippen molar-refractivity contribution in [2.45, 2.75) is 6.54 Å². The molecule has 0 bridgehead atoms. The standard InChI is InChI=1S/C10H14ClN3O/c1-13-10(12)14-6-7-3-4-8(11)5-9(7)15-2/h3-5H,6H2,1-2H3,(H3,12,13,14). The van der Waals surface area contributed by atoms with Crippen LogP contribution in [0.5, 0.6) is 5.75 Å². The largest absolute Gasteiger partial charge is 0.496 e. The monoisotopic (exact) mass is 227 g/mol. The van der Waals surface area contributed by atoms with Crippen LogP contribution in [0.15, 0.2) is 23.2 Å². The summed E-state index contributed by atoms with van der Waals surface area (Å²) in [6, 6.07) is 5.45. The van der Waals surface area contributed by atoms with Gasteiger partial charge in [0.2, 0.25) is 0 Å². The Kier molecular flexibility index (Phi) is 4.24. The molecule has 0 amide bonds. The lowest BCUT2D eigenvalue weighted by Crippen LogP contribution is -2.30. The highest BCUT2D eigenvalue weighted by molar-refractivity contribution is 6.30. The van der Waals surface area contributed by atoms with E-state index in [-0.39, 0.29) is 0 Å². The number of guanidine groups is 1. The summed E-state index contributed by atoms with van der Waals surface area (Å²) in [5.41, 5.74) is 6.49. The number of nitrogens with zero attached hydrogens (tertiary/aromatic N) is 1. The molecule has 1 rings (SSSR count). The van der Waals surface area contributed by atoms with Gasteiger partial charge in [-0.25, -0.2) is 0 Å². The van der Waals surface area contributed by atoms with E-state index in [1.165, 1.54) is 0 Å². The predicted molar refractivity (Wildman–Crippen MR) is 62.4 cm³/mol. The van der Waals surface area contributed by atoms with Crippen molar-refractivity contribution in [1.82, 2.24) is 5.32 Å². The normalized spacial score (nSPS) is 11.3. The molecule has 0 saturated heterocycles. The van der Waals surface area contributed by atoms with E-state index in [0.717, 1.165) is 11.3 Å². The van der Waals surface area contributed by atoms with Gasteiger partial charge in [-0.2, -0.15) is 0 Å². The minimum Gasteiger partial charge on any atom is -0.496 e. The number of halogens is 1. The van der Waals surface area contributed by atoms with E-state index in [4.69, 9.17) is 22.1 Å². The average molecular weight is 228 g/mol. The van der Waals surface area contributed by atoms with Crippen LogP contribution in [0.2, 0.25) is 5.02 Å². The van der Waals surface area contributed by atoms with Crippen LogP contribution in [-0.4, -0.2) is 20.1 Å². The van der Waals surface area contributed by atoms with Crippen molar-refractivity contribution in [1.29, 1.82) is 0 Å². The summed E-state index contributed by atoms with van der Waals surface area (Å²) >= 11 is 5.84. The van der Waals surface area contributed by atoms with E-state index >= 15 is 0 Å². The van der Waals surface area contributed by atoms with E-state index in [0.29, 0.717) is 17.5 Å². The molecular weight excluding hydrogens is 214 g/mol. The van der Waals surface area contributed by atoms with Crippen LogP contribution in [0.1, 0.15) is 5.56 Å². The molecule has 0 fully saturated rings. The number of benzene rings is 1. The lowest BCUT2D eigenvalue weighted by molar-refractivity contribution is 0.409. The van der Waals surface area contributed by atoms with E-state index in [9.17, 15) is 0 Å². The molecule has 0 spiro atoms. The van der Waals surface area contributed by atoms with E-state index in [2.05, 4.69) is 10.3 Å². The minimum absolute atomic E-state index is 0.395. The number of ether oxygens (including phenoxy) is 1. The number of methoxy groups -OCH3 is 1. The fourth-order valence-corrected chi connectivity index (χ4v) is 1.29. The summed E-state index contributed by atoms with van der Waals surface area (Å²) in [5.74, 6) is 1.13. The maximum absolute atomic E-state index is 5.84. The SMILES string of the molecule is CN=C(N)NCc1ccc(Cl)cc1OC. The molecule has 0 saturated carbocycles. The van der Waals surface area contributed by atoms with Gasteiger partial charge in [-0.3, -0.25) is 4.99 Å². The number of nitrogens with one attached hydrogen (secondary N) is 1. The van der Waals surface area contributed by atoms with Crippen LogP contribution >= 0.6 is 11.6 Å². The Morgan fingerprint density at radius 1 is 1.60 bits per heavy atom. The molecular formula is C10H14ClN3O. The highest BCUT2D eigenvalue weighted by atomic mass is 35.5. The predicted octanol–water partition coefficient (Wildman–Crippen LogP) is 1.38. The van der Waals surface area contributed by atoms with Gasteiger partial charge in [0.15, 0.2) is 5.96 Å². The first-order valence-electron chi connectivity index (χ1n) is 4.46. The average Bonchev–Trinajstić information content (AvgIpc) is 2.26. The first kappa shape index (κ1) is 11.7. The third-order valence-electron chi connectivity index (χ3n) is 1.95. The summed E-state index contributed by atoms with van der Waals surface area (Å²) in [6.07, 6.45) is 0. The summed E-state index contributed by atoms with van der Waals surface area (Å²) in [5, 5.41) is 3.59. The molecule has 0 aliphatic heterocycles. The fourth-order valence-electron chi connectivity index (χ4n) is 1.13. The maximum Gasteiger partial charge on any atom is 0.188 e. The summed E-state index contributed by atoms with van der Waals surface area (Å²) in [4.78, 5) is 3.79. The topological polar surface area (TPSA) is 59.6 Å². The fraction of sp³-hybridized carbons (Fsp3) is 0.300. The van der Waals surface area contributed by atoms with Crippen molar-refractivity contribution < 1.29 is 4.74 Å². The minimum atomic E-state index is 0.395. The van der Waals surface area contributed by atoms with Crippen LogP contribution in [0.3, 0.4) is 0 Å². The van der Waals surface area contributed by atoms with Crippen LogP contribution in [0.25, 0.3) is 0 Å². The first-order valence-corrected chi connectivity index (χ1v) is 4.83. The number of nitrogens with two attached hydrogens (primary N) is 1. The molecule has 3 N–H and O–H groups in total. The lowest BCUT2D eigenvalue weighted by atomic mass is 10.2. The molecule has 0 aliphatic rings. The van der Waals surface area contributed by atoms with Gasteiger partial charge in [0.05, 0.1) is 7.11 Å². The van der Waals surface area contributed by atoms with Gasteiger partial charge in [-0.1, -0.05) is 17.7 Å². The maximum atomic E-state index is 5.84. The Balaban J connectivity index is 2.76. The number of hydrogen-bond acceptors (Lipinski definition) is 2. The second-order valence-corrected chi connectivity index (χ2v) is 3.36. The molecule has 0 aromatic heterocycles. The van der Waals surface area contributed by atoms with Gasteiger partial charge in [0.1, 0.15) is 5.75 Å². The van der Waals surface area contributed by atoms with Crippen molar-refractivity contribution in [3.8, 4) is 5.75 Å². The number of rotatable bonds is 3. The molecule has 1 aromatic carbocycles. The van der Waals surface area contributed by atoms with Gasteiger partial charge in [0.25, 0.3) is 0 Å². The molecule has 5 heteroatoms. The molecule has 0 unspecified atom stereocenters. The molecule has 0 aliphatic carbocycles. The van der Waals surface area contributed by atoms with Gasteiger partial charge in [0, 0.05) is 24.2 Å². The summed E-state index contributed by atoms with van der Waals surface area (Å²) in [7, 11) is 3.23. The van der Waals surface area contributed by atoms with Gasteiger partial charge in [-0.15, -0.1) is 0 Å². The molecule has 4 nitrogen and oxygen atoms in total. The van der Waals surface area contributed by atoms with Crippen LogP contribution < -0.4 is 15.8 Å². The highest BCUT2D eigenvalue weighted by Crippen LogP contribution is 2.22. The van der Waals surface area contributed by atoms with Gasteiger partial charge in [-0.05, 0) is 12.1 Å².